The number of imide groups is 1. The molecule has 3 aromatic rings. The molecular weight excluding hydrogens is 322 g/mol. The van der Waals surface area contributed by atoms with E-state index in [1.165, 1.54) is 27.2 Å². The molecule has 0 saturated carbocycles. The standard InChI is InChI=1S/C23H17NO2/c1-2-24-22(25)19-12-6-11-18(21(19)23(24)26)17-10-5-9-16-15-8-4-3-7-14(15)13-20(16)17/h3-12H,2,13H2,1H3. The van der Waals surface area contributed by atoms with Crippen molar-refractivity contribution in [3.8, 4) is 22.3 Å². The third-order valence-corrected chi connectivity index (χ3v) is 5.46. The summed E-state index contributed by atoms with van der Waals surface area (Å²) in [6.07, 6.45) is 0.852. The van der Waals surface area contributed by atoms with Crippen LogP contribution in [-0.4, -0.2) is 23.3 Å². The smallest absolute Gasteiger partial charge is 0.262 e. The normalized spacial score (nSPS) is 14.4. The summed E-state index contributed by atoms with van der Waals surface area (Å²) < 4.78 is 0. The highest BCUT2D eigenvalue weighted by molar-refractivity contribution is 6.24. The van der Waals surface area contributed by atoms with E-state index in [1.807, 2.05) is 25.1 Å². The second-order valence-corrected chi connectivity index (χ2v) is 6.75. The summed E-state index contributed by atoms with van der Waals surface area (Å²) in [7, 11) is 0. The molecule has 3 heteroatoms. The van der Waals surface area contributed by atoms with Gasteiger partial charge in [-0.2, -0.15) is 0 Å². The first kappa shape index (κ1) is 15.1. The molecule has 0 N–H and O–H groups in total. The first-order chi connectivity index (χ1) is 12.7. The first-order valence-corrected chi connectivity index (χ1v) is 8.90. The zero-order chi connectivity index (χ0) is 17.8. The first-order valence-electron chi connectivity index (χ1n) is 8.90. The molecule has 1 aliphatic carbocycles. The fourth-order valence-electron chi connectivity index (χ4n) is 4.25. The van der Waals surface area contributed by atoms with Crippen molar-refractivity contribution in [2.45, 2.75) is 13.3 Å². The van der Waals surface area contributed by atoms with E-state index in [2.05, 4.69) is 36.4 Å². The number of hydrogen-bond acceptors (Lipinski definition) is 2. The molecule has 0 fully saturated rings. The maximum absolute atomic E-state index is 12.9. The summed E-state index contributed by atoms with van der Waals surface area (Å²) in [5, 5.41) is 0. The molecule has 1 heterocycles. The van der Waals surface area contributed by atoms with Crippen LogP contribution in [0, 0.1) is 0 Å². The molecule has 3 nitrogen and oxygen atoms in total. The Morgan fingerprint density at radius 1 is 0.731 bits per heavy atom. The molecule has 0 radical (unpaired) electrons. The number of nitrogens with zero attached hydrogens (tertiary/aromatic N) is 1. The zero-order valence-corrected chi connectivity index (χ0v) is 14.5. The van der Waals surface area contributed by atoms with Gasteiger partial charge in [-0.25, -0.2) is 0 Å². The highest BCUT2D eigenvalue weighted by Crippen LogP contribution is 2.43. The molecule has 0 saturated heterocycles. The molecular formula is C23H17NO2. The van der Waals surface area contributed by atoms with Gasteiger partial charge in [-0.1, -0.05) is 54.6 Å². The summed E-state index contributed by atoms with van der Waals surface area (Å²) in [5.41, 5.74) is 7.99. The number of carbonyl (C=O) groups is 2. The minimum Gasteiger partial charge on any atom is -0.275 e. The highest BCUT2D eigenvalue weighted by atomic mass is 16.2. The lowest BCUT2D eigenvalue weighted by Gasteiger charge is -2.13. The Bertz CT molecular complexity index is 1100. The van der Waals surface area contributed by atoms with Gasteiger partial charge < -0.3 is 0 Å². The van der Waals surface area contributed by atoms with Crippen molar-refractivity contribution in [1.82, 2.24) is 4.90 Å². The van der Waals surface area contributed by atoms with E-state index in [4.69, 9.17) is 0 Å². The zero-order valence-electron chi connectivity index (χ0n) is 14.5. The lowest BCUT2D eigenvalue weighted by molar-refractivity contribution is 0.0663. The third kappa shape index (κ3) is 1.88. The SMILES string of the molecule is CCN1C(=O)c2cccc(-c3cccc4c3Cc3ccccc3-4)c2C1=O. The number of benzene rings is 3. The van der Waals surface area contributed by atoms with Crippen LogP contribution in [0.5, 0.6) is 0 Å². The van der Waals surface area contributed by atoms with Crippen LogP contribution < -0.4 is 0 Å². The van der Waals surface area contributed by atoms with Gasteiger partial charge in [-0.15, -0.1) is 0 Å². The van der Waals surface area contributed by atoms with Gasteiger partial charge in [0.2, 0.25) is 0 Å². The van der Waals surface area contributed by atoms with Crippen LogP contribution in [0.25, 0.3) is 22.3 Å². The Balaban J connectivity index is 1.74. The van der Waals surface area contributed by atoms with Crippen molar-refractivity contribution in [2.75, 3.05) is 6.54 Å². The van der Waals surface area contributed by atoms with Gasteiger partial charge in [0.05, 0.1) is 11.1 Å². The van der Waals surface area contributed by atoms with Crippen molar-refractivity contribution < 1.29 is 9.59 Å². The van der Waals surface area contributed by atoms with Crippen LogP contribution in [0.1, 0.15) is 38.8 Å². The minimum atomic E-state index is -0.190. The molecule has 3 aromatic carbocycles. The predicted octanol–water partition coefficient (Wildman–Crippen LogP) is 4.54. The van der Waals surface area contributed by atoms with Gasteiger partial charge in [0.1, 0.15) is 0 Å². The largest absolute Gasteiger partial charge is 0.275 e. The topological polar surface area (TPSA) is 37.4 Å². The number of hydrogen-bond donors (Lipinski definition) is 0. The third-order valence-electron chi connectivity index (χ3n) is 5.46. The lowest BCUT2D eigenvalue weighted by Crippen LogP contribution is -2.29. The molecule has 26 heavy (non-hydrogen) atoms. The molecule has 0 bridgehead atoms. The fourth-order valence-corrected chi connectivity index (χ4v) is 4.25. The van der Waals surface area contributed by atoms with Gasteiger partial charge in [-0.3, -0.25) is 14.5 Å². The quantitative estimate of drug-likeness (QED) is 0.503. The summed E-state index contributed by atoms with van der Waals surface area (Å²) >= 11 is 0. The molecule has 5 rings (SSSR count). The number of fused-ring (bicyclic) bond motifs is 4. The highest BCUT2D eigenvalue weighted by Gasteiger charge is 2.37. The van der Waals surface area contributed by atoms with Crippen LogP contribution in [-0.2, 0) is 6.42 Å². The van der Waals surface area contributed by atoms with Crippen molar-refractivity contribution >= 4 is 11.8 Å². The molecule has 1 aliphatic heterocycles. The van der Waals surface area contributed by atoms with Crippen LogP contribution in [0.15, 0.2) is 60.7 Å². The monoisotopic (exact) mass is 339 g/mol. The summed E-state index contributed by atoms with van der Waals surface area (Å²) in [6.45, 7) is 2.22. The molecule has 126 valence electrons. The lowest BCUT2D eigenvalue weighted by atomic mass is 9.91. The number of rotatable bonds is 2. The average molecular weight is 339 g/mol. The van der Waals surface area contributed by atoms with Gasteiger partial charge in [0, 0.05) is 6.54 Å². The number of carbonyl (C=O) groups excluding carboxylic acids is 2. The Hall–Kier alpha value is -3.20. The van der Waals surface area contributed by atoms with Crippen LogP contribution in [0.2, 0.25) is 0 Å². The van der Waals surface area contributed by atoms with Gasteiger partial charge in [0.15, 0.2) is 0 Å². The Labute approximate surface area is 151 Å². The van der Waals surface area contributed by atoms with E-state index in [0.717, 1.165) is 17.5 Å². The summed E-state index contributed by atoms with van der Waals surface area (Å²) in [6, 6.07) is 20.2. The van der Waals surface area contributed by atoms with Crippen molar-refractivity contribution in [1.29, 1.82) is 0 Å². The molecule has 0 atom stereocenters. The second-order valence-electron chi connectivity index (χ2n) is 6.75. The Morgan fingerprint density at radius 2 is 1.35 bits per heavy atom. The van der Waals surface area contributed by atoms with Gasteiger partial charge >= 0.3 is 0 Å². The van der Waals surface area contributed by atoms with Crippen LogP contribution >= 0.6 is 0 Å². The van der Waals surface area contributed by atoms with Crippen molar-refractivity contribution in [2.24, 2.45) is 0 Å². The van der Waals surface area contributed by atoms with Gasteiger partial charge in [-0.05, 0) is 52.8 Å². The van der Waals surface area contributed by atoms with Crippen LogP contribution in [0.3, 0.4) is 0 Å². The van der Waals surface area contributed by atoms with E-state index < -0.39 is 0 Å². The van der Waals surface area contributed by atoms with Crippen molar-refractivity contribution in [3.63, 3.8) is 0 Å². The molecule has 0 spiro atoms. The second kappa shape index (κ2) is 5.40. The predicted molar refractivity (Wildman–Crippen MR) is 101 cm³/mol. The summed E-state index contributed by atoms with van der Waals surface area (Å²) in [5.74, 6) is -0.374. The van der Waals surface area contributed by atoms with E-state index >= 15 is 0 Å². The fraction of sp³-hybridized carbons (Fsp3) is 0.130. The molecule has 2 amide bonds. The molecule has 0 aromatic heterocycles. The van der Waals surface area contributed by atoms with Crippen molar-refractivity contribution in [3.05, 3.63) is 82.9 Å². The van der Waals surface area contributed by atoms with E-state index in [9.17, 15) is 9.59 Å². The van der Waals surface area contributed by atoms with E-state index in [0.29, 0.717) is 17.7 Å². The molecule has 2 aliphatic rings. The summed E-state index contributed by atoms with van der Waals surface area (Å²) in [4.78, 5) is 26.7. The van der Waals surface area contributed by atoms with E-state index in [1.54, 1.807) is 6.07 Å². The minimum absolute atomic E-state index is 0.184. The van der Waals surface area contributed by atoms with E-state index in [-0.39, 0.29) is 11.8 Å². The Morgan fingerprint density at radius 3 is 2.12 bits per heavy atom. The maximum Gasteiger partial charge on any atom is 0.262 e. The van der Waals surface area contributed by atoms with Crippen LogP contribution in [0.4, 0.5) is 0 Å². The maximum atomic E-state index is 12.9. The van der Waals surface area contributed by atoms with Gasteiger partial charge in [0.25, 0.3) is 11.8 Å². The molecule has 0 unspecified atom stereocenters. The number of amides is 2. The average Bonchev–Trinajstić information content (AvgIpc) is 3.17. The Kier molecular flexibility index (Phi) is 3.13.